The maximum Gasteiger partial charge on any atom is 0.200 e. The van der Waals surface area contributed by atoms with Crippen LogP contribution in [0.5, 0.6) is 0 Å². The third kappa shape index (κ3) is 4.86. The second-order valence-corrected chi connectivity index (χ2v) is 4.34. The predicted molar refractivity (Wildman–Crippen MR) is 52.9 cm³/mol. The molecular formula is C7H16AlCl2. The summed E-state index contributed by atoms with van der Waals surface area (Å²) in [7, 11) is 0. The maximum atomic E-state index is 2.40. The average Bonchev–Trinajstić information content (AvgIpc) is 1.90. The number of hydrogen-bond acceptors (Lipinski definition) is 0. The van der Waals surface area contributed by atoms with Crippen LogP contribution in [0.4, 0.5) is 0 Å². The Morgan fingerprint density at radius 1 is 1.00 bits per heavy atom. The van der Waals surface area contributed by atoms with E-state index in [1.54, 1.807) is 12.8 Å². The molecule has 0 aromatic heterocycles. The Morgan fingerprint density at radius 3 is 1.80 bits per heavy atom. The molecule has 1 aliphatic carbocycles. The number of halogens is 2. The zero-order valence-corrected chi connectivity index (χ0v) is 9.29. The Hall–Kier alpha value is 1.11. The molecule has 0 saturated heterocycles. The van der Waals surface area contributed by atoms with E-state index in [2.05, 4.69) is 5.79 Å². The first-order chi connectivity index (χ1) is 3.93. The smallest absolute Gasteiger partial charge is 0.147 e. The summed E-state index contributed by atoms with van der Waals surface area (Å²) in [5, 5.41) is 0. The minimum Gasteiger partial charge on any atom is -0.147 e. The second-order valence-electron chi connectivity index (χ2n) is 2.73. The third-order valence-electron chi connectivity index (χ3n) is 2.12. The van der Waals surface area contributed by atoms with Crippen molar-refractivity contribution in [2.75, 3.05) is 0 Å². The molecule has 1 aliphatic rings. The summed E-state index contributed by atoms with van der Waals surface area (Å²) in [5.41, 5.74) is 0. The monoisotopic (exact) mass is 197 g/mol. The van der Waals surface area contributed by atoms with Crippen molar-refractivity contribution < 1.29 is 0 Å². The highest BCUT2D eigenvalue weighted by molar-refractivity contribution is 6.35. The van der Waals surface area contributed by atoms with Gasteiger partial charge in [0.25, 0.3) is 0 Å². The van der Waals surface area contributed by atoms with Crippen LogP contribution >= 0.6 is 24.8 Å². The van der Waals surface area contributed by atoms with E-state index in [0.717, 1.165) is 15.2 Å². The molecule has 0 bridgehead atoms. The van der Waals surface area contributed by atoms with Crippen molar-refractivity contribution in [3.05, 3.63) is 0 Å². The Balaban J connectivity index is 0. The lowest BCUT2D eigenvalue weighted by molar-refractivity contribution is 0.501. The third-order valence-corrected chi connectivity index (χ3v) is 3.73. The van der Waals surface area contributed by atoms with Gasteiger partial charge >= 0.3 is 0 Å². The molecule has 0 aliphatic heterocycles. The second kappa shape index (κ2) is 8.21. The first-order valence-electron chi connectivity index (χ1n) is 3.73. The molecule has 3 heteroatoms. The summed E-state index contributed by atoms with van der Waals surface area (Å²) in [5.74, 6) is 2.40. The summed E-state index contributed by atoms with van der Waals surface area (Å²) in [6.07, 6.45) is 7.64. The topological polar surface area (TPSA) is 0 Å². The molecule has 0 nitrogen and oxygen atoms in total. The summed E-state index contributed by atoms with van der Waals surface area (Å²) in [4.78, 5) is 0. The molecule has 0 heterocycles. The van der Waals surface area contributed by atoms with Crippen molar-refractivity contribution in [1.82, 2.24) is 0 Å². The van der Waals surface area contributed by atoms with E-state index in [9.17, 15) is 0 Å². The average molecular weight is 198 g/mol. The highest BCUT2D eigenvalue weighted by Crippen LogP contribution is 2.27. The first kappa shape index (κ1) is 13.7. The van der Waals surface area contributed by atoms with Crippen molar-refractivity contribution in [3.8, 4) is 0 Å². The Labute approximate surface area is 82.7 Å². The lowest BCUT2D eigenvalue weighted by Gasteiger charge is -2.18. The Bertz CT molecular complexity index is 62.6. The van der Waals surface area contributed by atoms with Crippen LogP contribution in [0, 0.1) is 0 Å². The van der Waals surface area contributed by atoms with Gasteiger partial charge in [0, 0.05) is 0 Å². The van der Waals surface area contributed by atoms with Gasteiger partial charge in [0.2, 0.25) is 15.2 Å². The van der Waals surface area contributed by atoms with E-state index in [1.807, 2.05) is 0 Å². The molecule has 0 spiro atoms. The minimum atomic E-state index is 0. The van der Waals surface area contributed by atoms with Crippen molar-refractivity contribution in [3.63, 3.8) is 0 Å². The van der Waals surface area contributed by atoms with Gasteiger partial charge in [-0.05, 0) is 0 Å². The van der Waals surface area contributed by atoms with Gasteiger partial charge < -0.3 is 0 Å². The quantitative estimate of drug-likeness (QED) is 0.567. The number of rotatable bonds is 1. The lowest BCUT2D eigenvalue weighted by Crippen LogP contribution is -2.04. The van der Waals surface area contributed by atoms with Gasteiger partial charge in [0.05, 0.1) is 0 Å². The van der Waals surface area contributed by atoms with Crippen molar-refractivity contribution in [2.45, 2.75) is 42.7 Å². The highest BCUT2D eigenvalue weighted by Gasteiger charge is 2.10. The van der Waals surface area contributed by atoms with Crippen molar-refractivity contribution in [1.29, 1.82) is 0 Å². The fourth-order valence-corrected chi connectivity index (χ4v) is 2.61. The standard InChI is InChI=1S/C6H11.CH3.Al.2ClH/c1-2-4-6-5-3-1;;;;/h1H,2-6H2;1H3;;2*1H. The van der Waals surface area contributed by atoms with E-state index in [-0.39, 0.29) is 24.8 Å². The largest absolute Gasteiger partial charge is 0.200 e. The van der Waals surface area contributed by atoms with Crippen molar-refractivity contribution in [2.24, 2.45) is 0 Å². The molecule has 0 amide bonds. The molecule has 0 unspecified atom stereocenters. The zero-order chi connectivity index (χ0) is 5.82. The Morgan fingerprint density at radius 2 is 1.50 bits per heavy atom. The fourth-order valence-electron chi connectivity index (χ4n) is 1.47. The molecule has 0 N–H and O–H groups in total. The summed E-state index contributed by atoms with van der Waals surface area (Å²) >= 11 is 0.788. The molecular weight excluding hydrogens is 182 g/mol. The summed E-state index contributed by atoms with van der Waals surface area (Å²) < 4.78 is 1.17. The van der Waals surface area contributed by atoms with E-state index < -0.39 is 0 Å². The van der Waals surface area contributed by atoms with Crippen LogP contribution < -0.4 is 0 Å². The molecule has 1 radical (unpaired) electrons. The van der Waals surface area contributed by atoms with Gasteiger partial charge in [-0.1, -0.05) is 36.9 Å². The van der Waals surface area contributed by atoms with Crippen molar-refractivity contribution >= 4 is 40.0 Å². The molecule has 1 saturated carbocycles. The van der Waals surface area contributed by atoms with E-state index in [4.69, 9.17) is 0 Å². The van der Waals surface area contributed by atoms with E-state index >= 15 is 0 Å². The van der Waals surface area contributed by atoms with Gasteiger partial charge in [0.1, 0.15) is 0 Å². The maximum absolute atomic E-state index is 2.40. The predicted octanol–water partition coefficient (Wildman–Crippen LogP) is 3.33. The molecule has 61 valence electrons. The summed E-state index contributed by atoms with van der Waals surface area (Å²) in [6.45, 7) is 0. The van der Waals surface area contributed by atoms with Crippen LogP contribution in [0.1, 0.15) is 32.1 Å². The Kier molecular flexibility index (Phi) is 11.2. The van der Waals surface area contributed by atoms with E-state index in [1.165, 1.54) is 24.0 Å². The first-order valence-corrected chi connectivity index (χ1v) is 5.55. The normalized spacial score (nSPS) is 18.5. The summed E-state index contributed by atoms with van der Waals surface area (Å²) in [6, 6.07) is 0. The van der Waals surface area contributed by atoms with Gasteiger partial charge in [0.15, 0.2) is 0 Å². The van der Waals surface area contributed by atoms with Gasteiger partial charge in [-0.3, -0.25) is 0 Å². The molecule has 0 aromatic rings. The molecule has 10 heavy (non-hydrogen) atoms. The van der Waals surface area contributed by atoms with Crippen LogP contribution in [0.15, 0.2) is 0 Å². The van der Waals surface area contributed by atoms with E-state index in [0.29, 0.717) is 0 Å². The van der Waals surface area contributed by atoms with Crippen LogP contribution in [0.25, 0.3) is 0 Å². The molecule has 0 atom stereocenters. The SMILES string of the molecule is Cl.Cl.[CH3][Al][CH]1CCCCC1. The lowest BCUT2D eigenvalue weighted by atomic mass is 10.0. The minimum absolute atomic E-state index is 0. The molecule has 1 rings (SSSR count). The molecule has 1 fully saturated rings. The highest BCUT2D eigenvalue weighted by atomic mass is 35.5. The van der Waals surface area contributed by atoms with Crippen LogP contribution in [-0.2, 0) is 0 Å². The van der Waals surface area contributed by atoms with Gasteiger partial charge in [-0.2, -0.15) is 0 Å². The zero-order valence-electron chi connectivity index (χ0n) is 6.51. The van der Waals surface area contributed by atoms with Gasteiger partial charge in [-0.25, -0.2) is 0 Å². The number of hydrogen-bond donors (Lipinski definition) is 0. The van der Waals surface area contributed by atoms with Crippen LogP contribution in [0.3, 0.4) is 0 Å². The van der Waals surface area contributed by atoms with Crippen LogP contribution in [0.2, 0.25) is 10.6 Å². The van der Waals surface area contributed by atoms with Gasteiger partial charge in [-0.15, -0.1) is 30.6 Å². The molecule has 0 aromatic carbocycles. The fraction of sp³-hybridized carbons (Fsp3) is 1.00. The van der Waals surface area contributed by atoms with Crippen LogP contribution in [-0.4, -0.2) is 15.2 Å².